The van der Waals surface area contributed by atoms with E-state index in [9.17, 15) is 46.1 Å². The van der Waals surface area contributed by atoms with Crippen LogP contribution in [0.3, 0.4) is 0 Å². The van der Waals surface area contributed by atoms with E-state index in [2.05, 4.69) is 15.0 Å². The van der Waals surface area contributed by atoms with Gasteiger partial charge in [-0.3, -0.25) is 43.3 Å². The van der Waals surface area contributed by atoms with Gasteiger partial charge in [0.2, 0.25) is 4.80 Å². The van der Waals surface area contributed by atoms with Gasteiger partial charge in [0.05, 0.1) is 40.6 Å². The summed E-state index contributed by atoms with van der Waals surface area (Å²) in [7, 11) is -6.24. The number of aliphatic carboxylic acids is 1. The van der Waals surface area contributed by atoms with Crippen molar-refractivity contribution in [2.45, 2.75) is 55.0 Å². The maximum absolute atomic E-state index is 14.3. The molecule has 1 aliphatic heterocycles. The molecular formula is C32H36Cl2FN4O13PS3. The van der Waals surface area contributed by atoms with E-state index in [1.54, 1.807) is 9.36 Å². The number of ether oxygens (including phenoxy) is 1. The smallest absolute Gasteiger partial charge is 0.339 e. The summed E-state index contributed by atoms with van der Waals surface area (Å²) in [4.78, 5) is 90.5. The first-order chi connectivity index (χ1) is 26.1. The Labute approximate surface area is 336 Å². The monoisotopic (exact) mass is 900 g/mol. The summed E-state index contributed by atoms with van der Waals surface area (Å²) in [5.41, 5.74) is 0.0807. The van der Waals surface area contributed by atoms with Crippen LogP contribution in [0.1, 0.15) is 42.5 Å². The van der Waals surface area contributed by atoms with Crippen molar-refractivity contribution in [2.24, 2.45) is 10.9 Å². The lowest BCUT2D eigenvalue weighted by atomic mass is 9.82. The number of hydrogen-bond donors (Lipinski definition) is 4. The minimum Gasteiger partial charge on any atom is -0.480 e. The Hall–Kier alpha value is -3.53. The van der Waals surface area contributed by atoms with Crippen LogP contribution in [0, 0.1) is 11.7 Å². The van der Waals surface area contributed by atoms with Gasteiger partial charge in [-0.2, -0.15) is 0 Å². The van der Waals surface area contributed by atoms with Crippen LogP contribution in [0.4, 0.5) is 10.1 Å². The molecule has 0 amide bonds. The quantitative estimate of drug-likeness (QED) is 0.0707. The normalized spacial score (nSPS) is 14.9. The average molecular weight is 902 g/mol. The first-order valence-corrected chi connectivity index (χ1v) is 22.5. The Bertz CT molecular complexity index is 2270. The first kappa shape index (κ1) is 46.8. The fourth-order valence-electron chi connectivity index (χ4n) is 5.02. The van der Waals surface area contributed by atoms with Crippen LogP contribution in [0.2, 0.25) is 10.0 Å². The van der Waals surface area contributed by atoms with Crippen molar-refractivity contribution in [1.82, 2.24) is 14.7 Å². The van der Waals surface area contributed by atoms with Crippen LogP contribution < -0.4 is 15.0 Å². The summed E-state index contributed by atoms with van der Waals surface area (Å²) >= 11 is 14.1. The average Bonchev–Trinajstić information content (AvgIpc) is 3.42. The maximum atomic E-state index is 14.3. The molecule has 2 aliphatic rings. The lowest BCUT2D eigenvalue weighted by Crippen LogP contribution is -2.35. The van der Waals surface area contributed by atoms with Crippen molar-refractivity contribution < 1.29 is 61.0 Å². The fraction of sp³-hybridized carbons (Fsp3) is 0.406. The molecule has 5 rings (SSSR count). The number of hydrogen-bond acceptors (Lipinski definition) is 14. The third kappa shape index (κ3) is 13.8. The molecule has 1 fully saturated rings. The van der Waals surface area contributed by atoms with Crippen LogP contribution in [-0.2, 0) is 51.4 Å². The Morgan fingerprint density at radius 3 is 2.21 bits per heavy atom. The van der Waals surface area contributed by atoms with Gasteiger partial charge in [0.15, 0.2) is 27.2 Å². The SMILES string of the molecule is COC(=O)CSc1cc(/N=c2\sc(=O)n3n2CCCC3)c(F)cc1Cl.CS(=O)(=O)c1ccc(C(=O)C2C(=O)CCCC2=O)c(Cl)c1.O=C(O)CNCP(=O)(O)O. The van der Waals surface area contributed by atoms with E-state index in [4.69, 9.17) is 38.1 Å². The van der Waals surface area contributed by atoms with Crippen molar-refractivity contribution >= 4 is 98.7 Å². The summed E-state index contributed by atoms with van der Waals surface area (Å²) in [5.74, 6) is -4.84. The molecule has 24 heteroatoms. The van der Waals surface area contributed by atoms with E-state index >= 15 is 0 Å². The molecule has 306 valence electrons. The molecule has 17 nitrogen and oxygen atoms in total. The second-order valence-corrected chi connectivity index (χ2v) is 18.4. The molecule has 0 saturated heterocycles. The van der Waals surface area contributed by atoms with Crippen LogP contribution in [0.25, 0.3) is 0 Å². The molecule has 1 aliphatic carbocycles. The van der Waals surface area contributed by atoms with Crippen LogP contribution >= 0.6 is 53.9 Å². The number of nitrogens with zero attached hydrogens (tertiary/aromatic N) is 3. The molecule has 0 radical (unpaired) electrons. The molecule has 56 heavy (non-hydrogen) atoms. The van der Waals surface area contributed by atoms with Crippen molar-refractivity contribution in [2.75, 3.05) is 31.9 Å². The zero-order valence-corrected chi connectivity index (χ0v) is 34.5. The van der Waals surface area contributed by atoms with E-state index in [-0.39, 0.29) is 49.7 Å². The highest BCUT2D eigenvalue weighted by Crippen LogP contribution is 2.34. The molecule has 2 aromatic carbocycles. The maximum Gasteiger partial charge on any atom is 0.339 e. The highest BCUT2D eigenvalue weighted by molar-refractivity contribution is 8.00. The van der Waals surface area contributed by atoms with Crippen LogP contribution in [-0.4, -0.2) is 93.9 Å². The predicted molar refractivity (Wildman–Crippen MR) is 204 cm³/mol. The van der Waals surface area contributed by atoms with Crippen molar-refractivity contribution in [3.05, 3.63) is 66.2 Å². The van der Waals surface area contributed by atoms with Gasteiger partial charge in [-0.25, -0.2) is 22.5 Å². The molecule has 0 spiro atoms. The van der Waals surface area contributed by atoms with Crippen molar-refractivity contribution in [3.8, 4) is 0 Å². The second-order valence-electron chi connectivity index (χ2n) is 12.0. The number of aromatic nitrogens is 2. The number of carbonyl (C=O) groups excluding carboxylic acids is 4. The highest BCUT2D eigenvalue weighted by Gasteiger charge is 2.37. The summed E-state index contributed by atoms with van der Waals surface area (Å²) in [6.45, 7) is 0.885. The van der Waals surface area contributed by atoms with Gasteiger partial charge in [-0.1, -0.05) is 23.2 Å². The molecule has 1 aromatic heterocycles. The number of carboxylic acids is 1. The van der Waals surface area contributed by atoms with E-state index in [0.717, 1.165) is 54.3 Å². The number of thioether (sulfide) groups is 1. The highest BCUT2D eigenvalue weighted by atomic mass is 35.5. The lowest BCUT2D eigenvalue weighted by Gasteiger charge is -2.18. The van der Waals surface area contributed by atoms with E-state index in [0.29, 0.717) is 29.2 Å². The number of Topliss-reactive ketones (excluding diaryl/α,β-unsaturated/α-hetero) is 3. The number of methoxy groups -OCH3 is 1. The standard InChI is InChI=1S/C15H15ClFN3O3S2.C14H13ClO5S.C3H8NO5P/c1-23-13(21)8-24-12-7-11(10(17)6-9(12)16)18-14-19-4-2-3-5-20(19)15(22)25-14;1-21(19,20)8-5-6-9(10(15)7-8)14(18)13-11(16)3-2-4-12(13)17;5-3(6)1-4-2-10(7,8)9/h6-7H,2-5,8H2,1H3;5-7,13H,2-4H2,1H3;4H,1-2H2,(H,5,6)(H2,7,8,9)/b18-14-;;. The Kier molecular flexibility index (Phi) is 17.4. The van der Waals surface area contributed by atoms with E-state index < -0.39 is 71.3 Å². The molecule has 4 N–H and O–H groups in total. The van der Waals surface area contributed by atoms with Crippen LogP contribution in [0.5, 0.6) is 0 Å². The number of carboxylic acid groups (broad SMARTS) is 1. The Morgan fingerprint density at radius 1 is 1.04 bits per heavy atom. The van der Waals surface area contributed by atoms with Gasteiger partial charge >= 0.3 is 24.4 Å². The molecule has 3 aromatic rings. The van der Waals surface area contributed by atoms with E-state index in [1.165, 1.54) is 25.3 Å². The third-order valence-corrected chi connectivity index (χ3v) is 12.0. The molecule has 1 saturated carbocycles. The summed E-state index contributed by atoms with van der Waals surface area (Å²) in [5, 5.41) is 10.2. The summed E-state index contributed by atoms with van der Waals surface area (Å²) in [6, 6.07) is 6.29. The fourth-order valence-corrected chi connectivity index (χ4v) is 8.39. The number of halogens is 3. The summed E-state index contributed by atoms with van der Waals surface area (Å²) < 4.78 is 55.1. The molecule has 0 unspecified atom stereocenters. The second kappa shape index (κ2) is 20.8. The minimum atomic E-state index is -4.10. The molecule has 2 heterocycles. The molecule has 0 atom stereocenters. The molecule has 0 bridgehead atoms. The van der Waals surface area contributed by atoms with Gasteiger partial charge in [0, 0.05) is 42.6 Å². The number of benzene rings is 2. The lowest BCUT2D eigenvalue weighted by molar-refractivity contribution is -0.138. The third-order valence-electron chi connectivity index (χ3n) is 7.66. The number of esters is 1. The Morgan fingerprint density at radius 2 is 1.66 bits per heavy atom. The summed E-state index contributed by atoms with van der Waals surface area (Å²) in [6.07, 6.45) is 3.17. The van der Waals surface area contributed by atoms with Crippen LogP contribution in [0.15, 0.2) is 49.9 Å². The number of rotatable bonds is 11. The van der Waals surface area contributed by atoms with Gasteiger partial charge in [-0.15, -0.1) is 11.8 Å². The Balaban J connectivity index is 0.000000246. The van der Waals surface area contributed by atoms with Gasteiger partial charge in [0.1, 0.15) is 17.4 Å². The van der Waals surface area contributed by atoms with Crippen molar-refractivity contribution in [1.29, 1.82) is 0 Å². The number of fused-ring (bicyclic) bond motifs is 1. The zero-order chi connectivity index (χ0) is 42.0. The predicted octanol–water partition coefficient (Wildman–Crippen LogP) is 3.46. The largest absolute Gasteiger partial charge is 0.480 e. The van der Waals surface area contributed by atoms with Crippen molar-refractivity contribution in [3.63, 3.8) is 0 Å². The topological polar surface area (TPSA) is 258 Å². The first-order valence-electron chi connectivity index (χ1n) is 16.2. The number of sulfone groups is 1. The minimum absolute atomic E-state index is 0.00216. The van der Waals surface area contributed by atoms with E-state index in [1.807, 2.05) is 0 Å². The van der Waals surface area contributed by atoms with Gasteiger partial charge in [-0.05, 0) is 60.9 Å². The zero-order valence-electron chi connectivity index (χ0n) is 29.6. The molecular weight excluding hydrogens is 865 g/mol. The number of nitrogens with one attached hydrogen (secondary N) is 1. The number of ketones is 3. The van der Waals surface area contributed by atoms with Gasteiger partial charge < -0.3 is 19.6 Å². The number of carbonyl (C=O) groups is 5. The van der Waals surface area contributed by atoms with Gasteiger partial charge in [0.25, 0.3) is 0 Å².